The molecule has 17 heavy (non-hydrogen) atoms. The van der Waals surface area contributed by atoms with Crippen molar-refractivity contribution in [2.45, 2.75) is 53.1 Å². The zero-order valence-electron chi connectivity index (χ0n) is 11.8. The van der Waals surface area contributed by atoms with Crippen molar-refractivity contribution in [3.05, 3.63) is 24.3 Å². The summed E-state index contributed by atoms with van der Waals surface area (Å²) in [5, 5.41) is 0. The summed E-state index contributed by atoms with van der Waals surface area (Å²) in [4.78, 5) is 2.47. The van der Waals surface area contributed by atoms with Crippen LogP contribution in [-0.4, -0.2) is 12.1 Å². The fourth-order valence-electron chi connectivity index (χ4n) is 2.50. The minimum atomic E-state index is 0.507. The minimum absolute atomic E-state index is 0.507. The van der Waals surface area contributed by atoms with Crippen LogP contribution in [0.25, 0.3) is 0 Å². The van der Waals surface area contributed by atoms with E-state index in [0.717, 1.165) is 11.6 Å². The van der Waals surface area contributed by atoms with Gasteiger partial charge in [-0.15, -0.1) is 0 Å². The highest BCUT2D eigenvalue weighted by atomic mass is 15.2. The van der Waals surface area contributed by atoms with Gasteiger partial charge < -0.3 is 10.6 Å². The van der Waals surface area contributed by atoms with Gasteiger partial charge in [0.15, 0.2) is 0 Å². The molecule has 1 unspecified atom stereocenters. The second-order valence-corrected chi connectivity index (χ2v) is 5.57. The average Bonchev–Trinajstić information content (AvgIpc) is 2.19. The van der Waals surface area contributed by atoms with Gasteiger partial charge >= 0.3 is 0 Å². The van der Waals surface area contributed by atoms with Crippen LogP contribution in [-0.2, 0) is 0 Å². The van der Waals surface area contributed by atoms with Gasteiger partial charge in [-0.3, -0.25) is 0 Å². The summed E-state index contributed by atoms with van der Waals surface area (Å²) in [6, 6.07) is 9.25. The van der Waals surface area contributed by atoms with Crippen LogP contribution in [0, 0.1) is 5.92 Å². The molecule has 1 rings (SSSR count). The van der Waals surface area contributed by atoms with Crippen LogP contribution in [0.2, 0.25) is 0 Å². The predicted molar refractivity (Wildman–Crippen MR) is 77.4 cm³/mol. The number of nitrogen functional groups attached to an aromatic ring is 1. The molecule has 2 heteroatoms. The smallest absolute Gasteiger partial charge is 0.0372 e. The number of nitrogens with two attached hydrogens (primary N) is 1. The van der Waals surface area contributed by atoms with Gasteiger partial charge in [0, 0.05) is 23.5 Å². The van der Waals surface area contributed by atoms with Crippen molar-refractivity contribution in [2.75, 3.05) is 10.6 Å². The summed E-state index contributed by atoms with van der Waals surface area (Å²) < 4.78 is 0. The lowest BCUT2D eigenvalue weighted by atomic mass is 10.0. The molecular formula is C15H26N2. The third-order valence-corrected chi connectivity index (χ3v) is 3.03. The molecule has 0 amide bonds. The van der Waals surface area contributed by atoms with Crippen LogP contribution < -0.4 is 10.6 Å². The second kappa shape index (κ2) is 5.95. The van der Waals surface area contributed by atoms with E-state index in [4.69, 9.17) is 5.73 Å². The second-order valence-electron chi connectivity index (χ2n) is 5.57. The van der Waals surface area contributed by atoms with Gasteiger partial charge in [-0.1, -0.05) is 13.8 Å². The summed E-state index contributed by atoms with van der Waals surface area (Å²) in [5.74, 6) is 0.722. The van der Waals surface area contributed by atoms with Crippen molar-refractivity contribution in [3.8, 4) is 0 Å². The molecule has 1 aromatic rings. The zero-order chi connectivity index (χ0) is 13.0. The molecule has 2 N–H and O–H groups in total. The molecule has 0 aliphatic rings. The third-order valence-electron chi connectivity index (χ3n) is 3.03. The fraction of sp³-hybridized carbons (Fsp3) is 0.600. The highest BCUT2D eigenvalue weighted by Gasteiger charge is 2.18. The minimum Gasteiger partial charge on any atom is -0.399 e. The Balaban J connectivity index is 2.89. The molecule has 96 valence electrons. The third kappa shape index (κ3) is 3.95. The molecule has 0 aliphatic heterocycles. The largest absolute Gasteiger partial charge is 0.399 e. The van der Waals surface area contributed by atoms with Crippen LogP contribution in [0.5, 0.6) is 0 Å². The fourth-order valence-corrected chi connectivity index (χ4v) is 2.50. The van der Waals surface area contributed by atoms with Gasteiger partial charge in [0.2, 0.25) is 0 Å². The molecule has 0 aliphatic carbocycles. The Morgan fingerprint density at radius 3 is 1.94 bits per heavy atom. The molecule has 1 aromatic carbocycles. The predicted octanol–water partition coefficient (Wildman–Crippen LogP) is 3.92. The Hall–Kier alpha value is -1.18. The lowest BCUT2D eigenvalue weighted by molar-refractivity contribution is 0.467. The van der Waals surface area contributed by atoms with E-state index in [0.29, 0.717) is 12.1 Å². The summed E-state index contributed by atoms with van der Waals surface area (Å²) in [5.41, 5.74) is 7.84. The summed E-state index contributed by atoms with van der Waals surface area (Å²) in [6.45, 7) is 11.3. The summed E-state index contributed by atoms with van der Waals surface area (Å²) in [6.07, 6.45) is 1.21. The molecule has 0 saturated heterocycles. The van der Waals surface area contributed by atoms with Crippen molar-refractivity contribution >= 4 is 11.4 Å². The maximum atomic E-state index is 5.74. The van der Waals surface area contributed by atoms with Crippen molar-refractivity contribution in [1.82, 2.24) is 0 Å². The highest BCUT2D eigenvalue weighted by molar-refractivity contribution is 5.54. The first-order valence-corrected chi connectivity index (χ1v) is 6.55. The number of rotatable bonds is 5. The van der Waals surface area contributed by atoms with E-state index in [1.54, 1.807) is 0 Å². The standard InChI is InChI=1S/C15H26N2/c1-11(2)10-13(5)17(12(3)4)15-8-6-14(16)7-9-15/h6-9,11-13H,10,16H2,1-5H3. The van der Waals surface area contributed by atoms with E-state index in [9.17, 15) is 0 Å². The van der Waals surface area contributed by atoms with Crippen molar-refractivity contribution in [1.29, 1.82) is 0 Å². The first-order chi connectivity index (χ1) is 7.91. The Morgan fingerprint density at radius 1 is 1.00 bits per heavy atom. The van der Waals surface area contributed by atoms with E-state index in [1.165, 1.54) is 12.1 Å². The van der Waals surface area contributed by atoms with E-state index in [2.05, 4.69) is 51.7 Å². The van der Waals surface area contributed by atoms with Crippen LogP contribution in [0.1, 0.15) is 41.0 Å². The van der Waals surface area contributed by atoms with E-state index in [1.807, 2.05) is 12.1 Å². The van der Waals surface area contributed by atoms with Gasteiger partial charge in [0.1, 0.15) is 0 Å². The maximum absolute atomic E-state index is 5.74. The Morgan fingerprint density at radius 2 is 1.53 bits per heavy atom. The summed E-state index contributed by atoms with van der Waals surface area (Å²) in [7, 11) is 0. The van der Waals surface area contributed by atoms with Gasteiger partial charge in [0.05, 0.1) is 0 Å². The summed E-state index contributed by atoms with van der Waals surface area (Å²) >= 11 is 0. The topological polar surface area (TPSA) is 29.3 Å². The molecule has 0 aromatic heterocycles. The Labute approximate surface area is 106 Å². The quantitative estimate of drug-likeness (QED) is 0.782. The van der Waals surface area contributed by atoms with Crippen molar-refractivity contribution in [2.24, 2.45) is 5.92 Å². The van der Waals surface area contributed by atoms with E-state index < -0.39 is 0 Å². The number of nitrogens with zero attached hydrogens (tertiary/aromatic N) is 1. The Kier molecular flexibility index (Phi) is 4.86. The maximum Gasteiger partial charge on any atom is 0.0372 e. The average molecular weight is 234 g/mol. The monoisotopic (exact) mass is 234 g/mol. The lowest BCUT2D eigenvalue weighted by Crippen LogP contribution is -2.39. The van der Waals surface area contributed by atoms with Crippen molar-refractivity contribution in [3.63, 3.8) is 0 Å². The van der Waals surface area contributed by atoms with Crippen LogP contribution in [0.4, 0.5) is 11.4 Å². The lowest BCUT2D eigenvalue weighted by Gasteiger charge is -2.36. The first kappa shape index (κ1) is 13.9. The molecule has 0 fully saturated rings. The molecule has 2 nitrogen and oxygen atoms in total. The van der Waals surface area contributed by atoms with Gasteiger partial charge in [-0.2, -0.15) is 0 Å². The molecule has 0 bridgehead atoms. The SMILES string of the molecule is CC(C)CC(C)N(c1ccc(N)cc1)C(C)C. The molecule has 0 radical (unpaired) electrons. The highest BCUT2D eigenvalue weighted by Crippen LogP contribution is 2.24. The zero-order valence-corrected chi connectivity index (χ0v) is 11.8. The van der Waals surface area contributed by atoms with Gasteiger partial charge in [0.25, 0.3) is 0 Å². The van der Waals surface area contributed by atoms with Crippen molar-refractivity contribution < 1.29 is 0 Å². The van der Waals surface area contributed by atoms with Gasteiger partial charge in [-0.25, -0.2) is 0 Å². The van der Waals surface area contributed by atoms with Gasteiger partial charge in [-0.05, 0) is 57.4 Å². The first-order valence-electron chi connectivity index (χ1n) is 6.55. The molecule has 0 heterocycles. The number of hydrogen-bond acceptors (Lipinski definition) is 2. The van der Waals surface area contributed by atoms with Crippen LogP contribution in [0.15, 0.2) is 24.3 Å². The number of hydrogen-bond donors (Lipinski definition) is 1. The van der Waals surface area contributed by atoms with E-state index >= 15 is 0 Å². The normalized spacial score (nSPS) is 13.1. The molecule has 1 atom stereocenters. The number of anilines is 2. The van der Waals surface area contributed by atoms with Crippen LogP contribution in [0.3, 0.4) is 0 Å². The molecule has 0 saturated carbocycles. The number of benzene rings is 1. The Bertz CT molecular complexity index is 327. The van der Waals surface area contributed by atoms with E-state index in [-0.39, 0.29) is 0 Å². The molecular weight excluding hydrogens is 208 g/mol. The molecule has 0 spiro atoms. The van der Waals surface area contributed by atoms with Crippen LogP contribution >= 0.6 is 0 Å².